The number of carboxylic acid groups (broad SMARTS) is 1. The molecule has 0 aliphatic rings. The number of benzene rings is 1. The van der Waals surface area contributed by atoms with Gasteiger partial charge in [0.1, 0.15) is 0 Å². The number of urea groups is 1. The van der Waals surface area contributed by atoms with Gasteiger partial charge in [0.05, 0.1) is 11.3 Å². The van der Waals surface area contributed by atoms with Crippen molar-refractivity contribution in [1.29, 1.82) is 0 Å². The first-order chi connectivity index (χ1) is 10.3. The Morgan fingerprint density at radius 3 is 2.73 bits per heavy atom. The molecule has 1 rings (SSSR count). The van der Waals surface area contributed by atoms with Crippen LogP contribution in [0.5, 0.6) is 0 Å². The molecule has 0 saturated carbocycles. The summed E-state index contributed by atoms with van der Waals surface area (Å²) in [5.74, 6) is -0.989. The molecule has 0 aliphatic heterocycles. The SMILES string of the molecule is CN(CCC(=O)O)C(=O)NCCc1ccc(Cl)cc1[N+](=O)[O-]. The van der Waals surface area contributed by atoms with Crippen LogP contribution in [-0.2, 0) is 11.2 Å². The highest BCUT2D eigenvalue weighted by Crippen LogP contribution is 2.23. The van der Waals surface area contributed by atoms with Gasteiger partial charge in [-0.2, -0.15) is 0 Å². The van der Waals surface area contributed by atoms with Crippen molar-refractivity contribution >= 4 is 29.3 Å². The van der Waals surface area contributed by atoms with Gasteiger partial charge in [0, 0.05) is 36.8 Å². The Morgan fingerprint density at radius 2 is 2.14 bits per heavy atom. The van der Waals surface area contributed by atoms with Crippen LogP contribution in [0, 0.1) is 10.1 Å². The van der Waals surface area contributed by atoms with Gasteiger partial charge in [0.2, 0.25) is 0 Å². The molecule has 0 radical (unpaired) electrons. The number of carbonyl (C=O) groups is 2. The van der Waals surface area contributed by atoms with Crippen LogP contribution in [-0.4, -0.2) is 47.1 Å². The maximum atomic E-state index is 11.7. The van der Waals surface area contributed by atoms with Crippen molar-refractivity contribution in [2.75, 3.05) is 20.1 Å². The van der Waals surface area contributed by atoms with E-state index in [1.165, 1.54) is 18.0 Å². The zero-order valence-corrected chi connectivity index (χ0v) is 12.7. The maximum Gasteiger partial charge on any atom is 0.317 e. The molecular formula is C13H16ClN3O5. The van der Waals surface area contributed by atoms with Crippen LogP contribution in [0.25, 0.3) is 0 Å². The number of hydrogen-bond donors (Lipinski definition) is 2. The number of carbonyl (C=O) groups excluding carboxylic acids is 1. The number of nitrogens with zero attached hydrogens (tertiary/aromatic N) is 2. The Hall–Kier alpha value is -2.35. The lowest BCUT2D eigenvalue weighted by Gasteiger charge is -2.16. The summed E-state index contributed by atoms with van der Waals surface area (Å²) in [6.45, 7) is 0.279. The normalized spacial score (nSPS) is 10.1. The van der Waals surface area contributed by atoms with Gasteiger partial charge in [-0.25, -0.2) is 4.79 Å². The van der Waals surface area contributed by atoms with Crippen molar-refractivity contribution in [2.24, 2.45) is 0 Å². The second kappa shape index (κ2) is 8.18. The van der Waals surface area contributed by atoms with Crippen LogP contribution < -0.4 is 5.32 Å². The summed E-state index contributed by atoms with van der Waals surface area (Å²) >= 11 is 5.72. The number of nitro benzene ring substituents is 1. The van der Waals surface area contributed by atoms with Crippen LogP contribution in [0.2, 0.25) is 5.02 Å². The van der Waals surface area contributed by atoms with E-state index in [2.05, 4.69) is 5.32 Å². The highest BCUT2D eigenvalue weighted by Gasteiger charge is 2.15. The largest absolute Gasteiger partial charge is 0.481 e. The average Bonchev–Trinajstić information content (AvgIpc) is 2.45. The van der Waals surface area contributed by atoms with Gasteiger partial charge in [-0.1, -0.05) is 17.7 Å². The molecule has 22 heavy (non-hydrogen) atoms. The van der Waals surface area contributed by atoms with E-state index >= 15 is 0 Å². The van der Waals surface area contributed by atoms with Crippen molar-refractivity contribution in [1.82, 2.24) is 10.2 Å². The van der Waals surface area contributed by atoms with E-state index in [-0.39, 0.29) is 36.6 Å². The number of aliphatic carboxylic acids is 1. The number of hydrogen-bond acceptors (Lipinski definition) is 4. The Morgan fingerprint density at radius 1 is 1.45 bits per heavy atom. The lowest BCUT2D eigenvalue weighted by atomic mass is 10.1. The molecule has 0 aliphatic carbocycles. The van der Waals surface area contributed by atoms with Crippen molar-refractivity contribution < 1.29 is 19.6 Å². The number of rotatable bonds is 7. The first-order valence-corrected chi connectivity index (χ1v) is 6.82. The number of carboxylic acids is 1. The summed E-state index contributed by atoms with van der Waals surface area (Å²) in [4.78, 5) is 33.7. The smallest absolute Gasteiger partial charge is 0.317 e. The van der Waals surface area contributed by atoms with E-state index in [0.29, 0.717) is 5.56 Å². The van der Waals surface area contributed by atoms with Crippen LogP contribution in [0.15, 0.2) is 18.2 Å². The Bertz CT molecular complexity index is 579. The van der Waals surface area contributed by atoms with Crippen LogP contribution in [0.4, 0.5) is 10.5 Å². The summed E-state index contributed by atoms with van der Waals surface area (Å²) in [7, 11) is 1.48. The molecule has 0 spiro atoms. The summed E-state index contributed by atoms with van der Waals surface area (Å²) in [5, 5.41) is 22.3. The zero-order valence-electron chi connectivity index (χ0n) is 11.9. The fourth-order valence-corrected chi connectivity index (χ4v) is 1.89. The molecule has 1 aromatic carbocycles. The third kappa shape index (κ3) is 5.57. The molecule has 8 nitrogen and oxygen atoms in total. The van der Waals surface area contributed by atoms with Gasteiger partial charge < -0.3 is 15.3 Å². The highest BCUT2D eigenvalue weighted by atomic mass is 35.5. The molecule has 0 bridgehead atoms. The first-order valence-electron chi connectivity index (χ1n) is 6.45. The van der Waals surface area contributed by atoms with Gasteiger partial charge in [0.15, 0.2) is 0 Å². The molecule has 0 fully saturated rings. The van der Waals surface area contributed by atoms with E-state index in [0.717, 1.165) is 0 Å². The molecule has 2 N–H and O–H groups in total. The maximum absolute atomic E-state index is 11.7. The number of halogens is 1. The van der Waals surface area contributed by atoms with Crippen molar-refractivity contribution in [2.45, 2.75) is 12.8 Å². The van der Waals surface area contributed by atoms with Crippen LogP contribution in [0.1, 0.15) is 12.0 Å². The molecule has 0 unspecified atom stereocenters. The standard InChI is InChI=1S/C13H16ClN3O5/c1-16(7-5-12(18)19)13(20)15-6-4-9-2-3-10(14)8-11(9)17(21)22/h2-3,8H,4-7H2,1H3,(H,15,20)(H,18,19). The Labute approximate surface area is 131 Å². The zero-order chi connectivity index (χ0) is 16.7. The molecule has 2 amide bonds. The van der Waals surface area contributed by atoms with Gasteiger partial charge in [-0.15, -0.1) is 0 Å². The van der Waals surface area contributed by atoms with E-state index in [1.807, 2.05) is 0 Å². The minimum atomic E-state index is -0.989. The highest BCUT2D eigenvalue weighted by molar-refractivity contribution is 6.30. The van der Waals surface area contributed by atoms with Crippen LogP contribution in [0.3, 0.4) is 0 Å². The van der Waals surface area contributed by atoms with Crippen molar-refractivity contribution in [3.05, 3.63) is 38.9 Å². The first kappa shape index (κ1) is 17.7. The molecule has 0 aromatic heterocycles. The molecule has 0 heterocycles. The molecule has 1 aromatic rings. The molecule has 0 atom stereocenters. The lowest BCUT2D eigenvalue weighted by molar-refractivity contribution is -0.385. The van der Waals surface area contributed by atoms with E-state index < -0.39 is 16.9 Å². The summed E-state index contributed by atoms with van der Waals surface area (Å²) in [6.07, 6.45) is 0.124. The lowest BCUT2D eigenvalue weighted by Crippen LogP contribution is -2.39. The van der Waals surface area contributed by atoms with Crippen LogP contribution >= 0.6 is 11.6 Å². The van der Waals surface area contributed by atoms with Crippen molar-refractivity contribution in [3.8, 4) is 0 Å². The predicted octanol–water partition coefficient (Wildman–Crippen LogP) is 1.91. The second-order valence-electron chi connectivity index (χ2n) is 4.58. The quantitative estimate of drug-likeness (QED) is 0.586. The van der Waals surface area contributed by atoms with Gasteiger partial charge in [-0.05, 0) is 12.5 Å². The fourth-order valence-electron chi connectivity index (χ4n) is 1.72. The Kier molecular flexibility index (Phi) is 6.58. The molecular weight excluding hydrogens is 314 g/mol. The number of amides is 2. The molecule has 9 heteroatoms. The number of nitrogens with one attached hydrogen (secondary N) is 1. The molecule has 120 valence electrons. The average molecular weight is 330 g/mol. The number of nitro groups is 1. The summed E-state index contributed by atoms with van der Waals surface area (Å²) < 4.78 is 0. The van der Waals surface area contributed by atoms with E-state index in [1.54, 1.807) is 12.1 Å². The van der Waals surface area contributed by atoms with Crippen molar-refractivity contribution in [3.63, 3.8) is 0 Å². The van der Waals surface area contributed by atoms with Gasteiger partial charge in [-0.3, -0.25) is 14.9 Å². The third-order valence-corrected chi connectivity index (χ3v) is 3.16. The fraction of sp³-hybridized carbons (Fsp3) is 0.385. The minimum Gasteiger partial charge on any atom is -0.481 e. The minimum absolute atomic E-state index is 0.0856. The third-order valence-electron chi connectivity index (χ3n) is 2.92. The van der Waals surface area contributed by atoms with Gasteiger partial charge >= 0.3 is 12.0 Å². The summed E-state index contributed by atoms with van der Waals surface area (Å²) in [5.41, 5.74) is 0.365. The van der Waals surface area contributed by atoms with Gasteiger partial charge in [0.25, 0.3) is 5.69 Å². The summed E-state index contributed by atoms with van der Waals surface area (Å²) in [6, 6.07) is 3.92. The Balaban J connectivity index is 2.52. The topological polar surface area (TPSA) is 113 Å². The monoisotopic (exact) mass is 329 g/mol. The molecule has 0 saturated heterocycles. The van der Waals surface area contributed by atoms with E-state index in [9.17, 15) is 19.7 Å². The predicted molar refractivity (Wildman–Crippen MR) is 80.1 cm³/mol. The van der Waals surface area contributed by atoms with E-state index in [4.69, 9.17) is 16.7 Å². The second-order valence-corrected chi connectivity index (χ2v) is 5.01.